The van der Waals surface area contributed by atoms with Crippen LogP contribution in [-0.4, -0.2) is 70.8 Å². The van der Waals surface area contributed by atoms with E-state index in [1.54, 1.807) is 0 Å². The van der Waals surface area contributed by atoms with Crippen LogP contribution in [0.4, 0.5) is 0 Å². The predicted octanol–water partition coefficient (Wildman–Crippen LogP) is 3.88. The summed E-state index contributed by atoms with van der Waals surface area (Å²) in [5.74, 6) is 1.02. The van der Waals surface area contributed by atoms with E-state index in [9.17, 15) is 9.90 Å². The van der Waals surface area contributed by atoms with Gasteiger partial charge in [0.25, 0.3) is 0 Å². The Bertz CT molecular complexity index is 692. The third kappa shape index (κ3) is 5.09. The number of nitrogens with zero attached hydrogens (tertiary/aromatic N) is 2. The minimum atomic E-state index is -0.793. The lowest BCUT2D eigenvalue weighted by atomic mass is 9.57. The average molecular weight is 433 g/mol. The van der Waals surface area contributed by atoms with Gasteiger partial charge < -0.3 is 9.84 Å². The molecule has 31 heavy (non-hydrogen) atoms. The van der Waals surface area contributed by atoms with Crippen molar-refractivity contribution < 1.29 is 14.6 Å². The van der Waals surface area contributed by atoms with Crippen molar-refractivity contribution in [2.24, 2.45) is 23.7 Å². The van der Waals surface area contributed by atoms with Crippen molar-refractivity contribution in [3.05, 3.63) is 24.3 Å². The SMILES string of the molecule is C=CCN1C[C@H](C)N(CC(C)[C@@H]2CC[C@@H](C)[C@]3(O)C[C@@H](OC(C)=O)C(C)=C[C@H]23)C[C@H]1C. The van der Waals surface area contributed by atoms with Crippen LogP contribution >= 0.6 is 0 Å². The topological polar surface area (TPSA) is 53.0 Å². The molecule has 2 fully saturated rings. The number of carbonyl (C=O) groups excluding carboxylic acids is 1. The Balaban J connectivity index is 1.74. The maximum absolute atomic E-state index is 11.8. The number of esters is 1. The molecule has 0 bridgehead atoms. The molecule has 8 atom stereocenters. The fourth-order valence-electron chi connectivity index (χ4n) is 6.45. The number of piperazine rings is 1. The van der Waals surface area contributed by atoms with Gasteiger partial charge in [0.15, 0.2) is 0 Å². The summed E-state index contributed by atoms with van der Waals surface area (Å²) < 4.78 is 5.55. The van der Waals surface area contributed by atoms with Crippen LogP contribution in [0.5, 0.6) is 0 Å². The fraction of sp³-hybridized carbons (Fsp3) is 0.808. The van der Waals surface area contributed by atoms with Gasteiger partial charge in [0.2, 0.25) is 0 Å². The highest BCUT2D eigenvalue weighted by atomic mass is 16.5. The molecule has 1 saturated heterocycles. The fourth-order valence-corrected chi connectivity index (χ4v) is 6.45. The Labute approximate surface area is 189 Å². The zero-order valence-corrected chi connectivity index (χ0v) is 20.5. The van der Waals surface area contributed by atoms with E-state index < -0.39 is 5.60 Å². The summed E-state index contributed by atoms with van der Waals surface area (Å²) in [5.41, 5.74) is 0.300. The number of carbonyl (C=O) groups is 1. The second-order valence-electron chi connectivity index (χ2n) is 10.7. The predicted molar refractivity (Wildman–Crippen MR) is 126 cm³/mol. The zero-order valence-electron chi connectivity index (χ0n) is 20.5. The van der Waals surface area contributed by atoms with E-state index in [4.69, 9.17) is 4.74 Å². The summed E-state index contributed by atoms with van der Waals surface area (Å²) in [7, 11) is 0. The molecule has 2 aliphatic carbocycles. The summed E-state index contributed by atoms with van der Waals surface area (Å²) in [4.78, 5) is 16.7. The van der Waals surface area contributed by atoms with Gasteiger partial charge in [-0.3, -0.25) is 14.6 Å². The van der Waals surface area contributed by atoms with E-state index in [-0.39, 0.29) is 23.9 Å². The molecular weight excluding hydrogens is 388 g/mol. The number of ether oxygens (including phenoxy) is 1. The number of rotatable bonds is 6. The Kier molecular flexibility index (Phi) is 7.71. The standard InChI is InChI=1S/C26H44N2O3/c1-8-11-27-15-21(6)28(16-20(27)5)14-18(3)23-10-9-19(4)26(30)13-25(31-22(7)29)17(2)12-24(23)26/h8,12,18-21,23-25,30H,1,9-11,13-16H2,2-7H3/t18?,19-,20-,21+,23+,24-,25-,26-/m1/s1. The van der Waals surface area contributed by atoms with Crippen molar-refractivity contribution in [2.45, 2.75) is 84.6 Å². The van der Waals surface area contributed by atoms with Crippen molar-refractivity contribution in [3.8, 4) is 0 Å². The third-order valence-corrected chi connectivity index (χ3v) is 8.46. The van der Waals surface area contributed by atoms with Crippen LogP contribution < -0.4 is 0 Å². The lowest BCUT2D eigenvalue weighted by Gasteiger charge is -2.53. The maximum atomic E-state index is 11.8. The maximum Gasteiger partial charge on any atom is 0.303 e. The lowest BCUT2D eigenvalue weighted by molar-refractivity contribution is -0.159. The number of hydrogen-bond donors (Lipinski definition) is 1. The Hall–Kier alpha value is -1.17. The number of aliphatic hydroxyl groups is 1. The first-order chi connectivity index (χ1) is 14.6. The molecule has 176 valence electrons. The zero-order chi connectivity index (χ0) is 22.9. The van der Waals surface area contributed by atoms with E-state index in [0.717, 1.165) is 44.6 Å². The molecular formula is C26H44N2O3. The third-order valence-electron chi connectivity index (χ3n) is 8.46. The van der Waals surface area contributed by atoms with Crippen LogP contribution in [-0.2, 0) is 9.53 Å². The smallest absolute Gasteiger partial charge is 0.303 e. The van der Waals surface area contributed by atoms with Crippen LogP contribution in [0.25, 0.3) is 0 Å². The molecule has 1 saturated carbocycles. The Morgan fingerprint density at radius 3 is 2.58 bits per heavy atom. The highest BCUT2D eigenvalue weighted by molar-refractivity contribution is 5.66. The normalized spacial score (nSPS) is 40.5. The monoisotopic (exact) mass is 432 g/mol. The van der Waals surface area contributed by atoms with Gasteiger partial charge in [0.05, 0.1) is 5.60 Å². The summed E-state index contributed by atoms with van der Waals surface area (Å²) in [6.07, 6.45) is 6.65. The van der Waals surface area contributed by atoms with Crippen LogP contribution in [0.2, 0.25) is 0 Å². The minimum absolute atomic E-state index is 0.132. The number of fused-ring (bicyclic) bond motifs is 1. The molecule has 0 amide bonds. The largest absolute Gasteiger partial charge is 0.458 e. The number of hydrogen-bond acceptors (Lipinski definition) is 5. The molecule has 3 rings (SSSR count). The van der Waals surface area contributed by atoms with Crippen LogP contribution in [0.15, 0.2) is 24.3 Å². The summed E-state index contributed by atoms with van der Waals surface area (Å²) in [5, 5.41) is 11.8. The molecule has 1 aliphatic heterocycles. The van der Waals surface area contributed by atoms with E-state index >= 15 is 0 Å². The van der Waals surface area contributed by atoms with Crippen molar-refractivity contribution >= 4 is 5.97 Å². The second-order valence-corrected chi connectivity index (χ2v) is 10.7. The second kappa shape index (κ2) is 9.76. The van der Waals surface area contributed by atoms with Crippen molar-refractivity contribution in [2.75, 3.05) is 26.2 Å². The average Bonchev–Trinajstić information content (AvgIpc) is 2.68. The van der Waals surface area contributed by atoms with Crippen molar-refractivity contribution in [1.29, 1.82) is 0 Å². The van der Waals surface area contributed by atoms with Crippen LogP contribution in [0, 0.1) is 23.7 Å². The Morgan fingerprint density at radius 1 is 1.29 bits per heavy atom. The quantitative estimate of drug-likeness (QED) is 0.510. The first-order valence-corrected chi connectivity index (χ1v) is 12.2. The highest BCUT2D eigenvalue weighted by Crippen LogP contribution is 2.51. The van der Waals surface area contributed by atoms with Crippen molar-refractivity contribution in [1.82, 2.24) is 9.80 Å². The molecule has 1 unspecified atom stereocenters. The van der Waals surface area contributed by atoms with Gasteiger partial charge in [-0.2, -0.15) is 0 Å². The summed E-state index contributed by atoms with van der Waals surface area (Å²) in [6, 6.07) is 1.06. The van der Waals surface area contributed by atoms with E-state index in [0.29, 0.717) is 30.3 Å². The molecule has 0 radical (unpaired) electrons. The van der Waals surface area contributed by atoms with Gasteiger partial charge in [-0.15, -0.1) is 6.58 Å². The van der Waals surface area contributed by atoms with Gasteiger partial charge in [0, 0.05) is 57.5 Å². The molecule has 0 aromatic rings. The van der Waals surface area contributed by atoms with Crippen LogP contribution in [0.3, 0.4) is 0 Å². The molecule has 0 spiro atoms. The summed E-state index contributed by atoms with van der Waals surface area (Å²) >= 11 is 0. The Morgan fingerprint density at radius 2 is 1.94 bits per heavy atom. The van der Waals surface area contributed by atoms with Crippen molar-refractivity contribution in [3.63, 3.8) is 0 Å². The molecule has 3 aliphatic rings. The van der Waals surface area contributed by atoms with Gasteiger partial charge in [-0.05, 0) is 56.9 Å². The lowest BCUT2D eigenvalue weighted by Crippen LogP contribution is -2.59. The molecule has 0 aromatic carbocycles. The van der Waals surface area contributed by atoms with Crippen LogP contribution in [0.1, 0.15) is 60.8 Å². The first-order valence-electron chi connectivity index (χ1n) is 12.2. The molecule has 1 N–H and O–H groups in total. The molecule has 1 heterocycles. The van der Waals surface area contributed by atoms with Gasteiger partial charge in [-0.1, -0.05) is 26.0 Å². The van der Waals surface area contributed by atoms with Gasteiger partial charge in [-0.25, -0.2) is 0 Å². The molecule has 5 nitrogen and oxygen atoms in total. The minimum Gasteiger partial charge on any atom is -0.458 e. The van der Waals surface area contributed by atoms with Gasteiger partial charge >= 0.3 is 5.97 Å². The van der Waals surface area contributed by atoms with E-state index in [2.05, 4.69) is 57.1 Å². The molecule has 0 aromatic heterocycles. The highest BCUT2D eigenvalue weighted by Gasteiger charge is 2.53. The van der Waals surface area contributed by atoms with Gasteiger partial charge in [0.1, 0.15) is 6.10 Å². The van der Waals surface area contributed by atoms with E-state index in [1.165, 1.54) is 6.92 Å². The first kappa shape index (κ1) is 24.5. The van der Waals surface area contributed by atoms with E-state index in [1.807, 2.05) is 6.08 Å². The summed E-state index contributed by atoms with van der Waals surface area (Å²) in [6.45, 7) is 20.8. The molecule has 5 heteroatoms.